The van der Waals surface area contributed by atoms with Crippen LogP contribution in [0, 0.1) is 5.92 Å². The lowest BCUT2D eigenvalue weighted by atomic mass is 10.0. The summed E-state index contributed by atoms with van der Waals surface area (Å²) in [6.07, 6.45) is -0.709. The van der Waals surface area contributed by atoms with Crippen LogP contribution in [0.5, 0.6) is 5.75 Å². The molecule has 6 heteroatoms. The van der Waals surface area contributed by atoms with Crippen molar-refractivity contribution in [2.75, 3.05) is 13.2 Å². The summed E-state index contributed by atoms with van der Waals surface area (Å²) < 4.78 is 6.42. The molecular weight excluding hydrogens is 324 g/mol. The van der Waals surface area contributed by atoms with Gasteiger partial charge in [-0.1, -0.05) is 29.8 Å². The molecule has 0 fully saturated rings. The molecule has 2 unspecified atom stereocenters. The first kappa shape index (κ1) is 16.9. The lowest BCUT2D eigenvalue weighted by Crippen LogP contribution is -2.48. The molecule has 1 aromatic rings. The SMILES string of the molecule is CC(C)C(NCC(O)COc1ccc(Br)cc1)C(N)=O. The van der Waals surface area contributed by atoms with E-state index in [1.807, 2.05) is 38.1 Å². The number of aliphatic hydroxyl groups excluding tert-OH is 1. The monoisotopic (exact) mass is 344 g/mol. The van der Waals surface area contributed by atoms with Crippen molar-refractivity contribution in [1.82, 2.24) is 5.32 Å². The van der Waals surface area contributed by atoms with Gasteiger partial charge < -0.3 is 20.9 Å². The number of hydrogen-bond acceptors (Lipinski definition) is 4. The number of primary amides is 1. The molecule has 1 amide bonds. The molecule has 4 N–H and O–H groups in total. The van der Waals surface area contributed by atoms with Crippen LogP contribution in [0.4, 0.5) is 0 Å². The zero-order chi connectivity index (χ0) is 15.1. The third-order valence-corrected chi connectivity index (χ3v) is 3.33. The van der Waals surface area contributed by atoms with Gasteiger partial charge in [-0.15, -0.1) is 0 Å². The van der Waals surface area contributed by atoms with Crippen LogP contribution in [0.15, 0.2) is 28.7 Å². The number of carbonyl (C=O) groups excluding carboxylic acids is 1. The Morgan fingerprint density at radius 2 is 2.00 bits per heavy atom. The molecule has 5 nitrogen and oxygen atoms in total. The molecule has 0 saturated heterocycles. The summed E-state index contributed by atoms with van der Waals surface area (Å²) >= 11 is 3.33. The normalized spacial score (nSPS) is 14.1. The number of carbonyl (C=O) groups is 1. The van der Waals surface area contributed by atoms with E-state index in [0.717, 1.165) is 4.47 Å². The second kappa shape index (κ2) is 8.24. The summed E-state index contributed by atoms with van der Waals surface area (Å²) in [6, 6.07) is 6.90. The van der Waals surface area contributed by atoms with Crippen molar-refractivity contribution < 1.29 is 14.6 Å². The second-order valence-electron chi connectivity index (χ2n) is 4.95. The van der Waals surface area contributed by atoms with Gasteiger partial charge in [0.1, 0.15) is 18.5 Å². The van der Waals surface area contributed by atoms with Crippen molar-refractivity contribution in [3.05, 3.63) is 28.7 Å². The lowest BCUT2D eigenvalue weighted by molar-refractivity contribution is -0.121. The standard InChI is InChI=1S/C14H21BrN2O3/c1-9(2)13(14(16)19)17-7-11(18)8-20-12-5-3-10(15)4-6-12/h3-6,9,11,13,17-18H,7-8H2,1-2H3,(H2,16,19). The topological polar surface area (TPSA) is 84.6 Å². The van der Waals surface area contributed by atoms with Gasteiger partial charge in [-0.25, -0.2) is 0 Å². The summed E-state index contributed by atoms with van der Waals surface area (Å²) in [5.41, 5.74) is 5.28. The van der Waals surface area contributed by atoms with E-state index >= 15 is 0 Å². The molecule has 20 heavy (non-hydrogen) atoms. The molecule has 112 valence electrons. The molecule has 2 atom stereocenters. The van der Waals surface area contributed by atoms with Gasteiger partial charge in [-0.3, -0.25) is 4.79 Å². The van der Waals surface area contributed by atoms with Gasteiger partial charge in [0, 0.05) is 11.0 Å². The Bertz CT molecular complexity index is 423. The third kappa shape index (κ3) is 5.90. The van der Waals surface area contributed by atoms with Gasteiger partial charge in [0.25, 0.3) is 0 Å². The minimum absolute atomic E-state index is 0.0760. The van der Waals surface area contributed by atoms with E-state index in [-0.39, 0.29) is 19.1 Å². The molecule has 0 aromatic heterocycles. The van der Waals surface area contributed by atoms with Crippen LogP contribution >= 0.6 is 15.9 Å². The number of aliphatic hydroxyl groups is 1. The van der Waals surface area contributed by atoms with Gasteiger partial charge in [-0.2, -0.15) is 0 Å². The maximum Gasteiger partial charge on any atom is 0.234 e. The average Bonchev–Trinajstić information content (AvgIpc) is 2.37. The molecule has 0 aliphatic heterocycles. The lowest BCUT2D eigenvalue weighted by Gasteiger charge is -2.21. The van der Waals surface area contributed by atoms with Gasteiger partial charge in [0.05, 0.1) is 6.04 Å². The predicted molar refractivity (Wildman–Crippen MR) is 81.5 cm³/mol. The van der Waals surface area contributed by atoms with Crippen LogP contribution in [0.1, 0.15) is 13.8 Å². The number of benzene rings is 1. The molecule has 0 spiro atoms. The highest BCUT2D eigenvalue weighted by Gasteiger charge is 2.19. The molecule has 1 rings (SSSR count). The Balaban J connectivity index is 2.34. The average molecular weight is 345 g/mol. The molecule has 0 saturated carbocycles. The van der Waals surface area contributed by atoms with Crippen molar-refractivity contribution in [2.45, 2.75) is 26.0 Å². The smallest absolute Gasteiger partial charge is 0.234 e. The molecular formula is C14H21BrN2O3. The number of halogens is 1. The Labute approximate surface area is 127 Å². The first-order valence-corrected chi connectivity index (χ1v) is 7.28. The second-order valence-corrected chi connectivity index (χ2v) is 5.87. The highest BCUT2D eigenvalue weighted by atomic mass is 79.9. The minimum Gasteiger partial charge on any atom is -0.491 e. The number of nitrogens with one attached hydrogen (secondary N) is 1. The fourth-order valence-electron chi connectivity index (χ4n) is 1.71. The highest BCUT2D eigenvalue weighted by Crippen LogP contribution is 2.16. The van der Waals surface area contributed by atoms with E-state index in [4.69, 9.17) is 10.5 Å². The Hall–Kier alpha value is -1.11. The van der Waals surface area contributed by atoms with Crippen molar-refractivity contribution in [3.8, 4) is 5.75 Å². The van der Waals surface area contributed by atoms with Gasteiger partial charge in [0.2, 0.25) is 5.91 Å². The summed E-state index contributed by atoms with van der Waals surface area (Å²) in [5.74, 6) is 0.343. The van der Waals surface area contributed by atoms with Crippen LogP contribution in [0.25, 0.3) is 0 Å². The van der Waals surface area contributed by atoms with Gasteiger partial charge >= 0.3 is 0 Å². The zero-order valence-corrected chi connectivity index (χ0v) is 13.3. The minimum atomic E-state index is -0.709. The fraction of sp³-hybridized carbons (Fsp3) is 0.500. The van der Waals surface area contributed by atoms with Crippen LogP contribution in [0.2, 0.25) is 0 Å². The Kier molecular flexibility index (Phi) is 6.98. The number of rotatable bonds is 8. The number of hydrogen-bond donors (Lipinski definition) is 3. The van der Waals surface area contributed by atoms with E-state index in [0.29, 0.717) is 5.75 Å². The van der Waals surface area contributed by atoms with E-state index in [9.17, 15) is 9.90 Å². The van der Waals surface area contributed by atoms with Crippen molar-refractivity contribution >= 4 is 21.8 Å². The van der Waals surface area contributed by atoms with E-state index in [1.165, 1.54) is 0 Å². The summed E-state index contributed by atoms with van der Waals surface area (Å²) in [4.78, 5) is 11.2. The van der Waals surface area contributed by atoms with Crippen molar-refractivity contribution in [1.29, 1.82) is 0 Å². The maximum absolute atomic E-state index is 11.2. The summed E-state index contributed by atoms with van der Waals surface area (Å²) in [6.45, 7) is 4.20. The Morgan fingerprint density at radius 1 is 1.40 bits per heavy atom. The quantitative estimate of drug-likeness (QED) is 0.663. The molecule has 0 aliphatic carbocycles. The number of nitrogens with two attached hydrogens (primary N) is 1. The largest absolute Gasteiger partial charge is 0.491 e. The fourth-order valence-corrected chi connectivity index (χ4v) is 1.97. The zero-order valence-electron chi connectivity index (χ0n) is 11.7. The first-order valence-electron chi connectivity index (χ1n) is 6.49. The molecule has 1 aromatic carbocycles. The molecule has 0 aliphatic rings. The van der Waals surface area contributed by atoms with Crippen molar-refractivity contribution in [3.63, 3.8) is 0 Å². The van der Waals surface area contributed by atoms with Crippen LogP contribution in [-0.2, 0) is 4.79 Å². The van der Waals surface area contributed by atoms with E-state index in [2.05, 4.69) is 21.2 Å². The van der Waals surface area contributed by atoms with Crippen LogP contribution in [-0.4, -0.2) is 36.3 Å². The number of amides is 1. The highest BCUT2D eigenvalue weighted by molar-refractivity contribution is 9.10. The van der Waals surface area contributed by atoms with Gasteiger partial charge in [0.15, 0.2) is 0 Å². The maximum atomic E-state index is 11.2. The molecule has 0 bridgehead atoms. The predicted octanol–water partition coefficient (Wildman–Crippen LogP) is 1.29. The van der Waals surface area contributed by atoms with Crippen LogP contribution < -0.4 is 15.8 Å². The summed E-state index contributed by atoms with van der Waals surface area (Å²) in [7, 11) is 0. The van der Waals surface area contributed by atoms with Crippen molar-refractivity contribution in [2.24, 2.45) is 11.7 Å². The molecule has 0 heterocycles. The van der Waals surface area contributed by atoms with Gasteiger partial charge in [-0.05, 0) is 30.2 Å². The summed E-state index contributed by atoms with van der Waals surface area (Å²) in [5, 5.41) is 12.8. The third-order valence-electron chi connectivity index (χ3n) is 2.80. The molecule has 0 radical (unpaired) electrons. The first-order chi connectivity index (χ1) is 9.40. The van der Waals surface area contributed by atoms with E-state index in [1.54, 1.807) is 0 Å². The Morgan fingerprint density at radius 3 is 2.50 bits per heavy atom. The van der Waals surface area contributed by atoms with E-state index < -0.39 is 18.1 Å². The van der Waals surface area contributed by atoms with Crippen LogP contribution in [0.3, 0.4) is 0 Å². The number of ether oxygens (including phenoxy) is 1.